The third kappa shape index (κ3) is 5.86. The maximum Gasteiger partial charge on any atom is 0.269 e. The van der Waals surface area contributed by atoms with Crippen LogP contribution in [0.25, 0.3) is 11.3 Å². The summed E-state index contributed by atoms with van der Waals surface area (Å²) in [5.74, 6) is 0.805. The van der Waals surface area contributed by atoms with Gasteiger partial charge in [-0.25, -0.2) is 4.98 Å². The highest BCUT2D eigenvalue weighted by Crippen LogP contribution is 2.26. The molecule has 0 saturated carbocycles. The Bertz CT molecular complexity index is 970. The number of nitro groups is 1. The molecule has 2 aromatic carbocycles. The molecule has 0 aliphatic carbocycles. The molecule has 3 aromatic rings. The van der Waals surface area contributed by atoms with Gasteiger partial charge in [-0.15, -0.1) is 11.3 Å². The molecular formula is C21H22N4O3S. The van der Waals surface area contributed by atoms with Crippen molar-refractivity contribution in [2.24, 2.45) is 5.10 Å². The van der Waals surface area contributed by atoms with Gasteiger partial charge in [0.15, 0.2) is 0 Å². The number of nitro benzene ring substituents is 1. The molecule has 0 amide bonds. The summed E-state index contributed by atoms with van der Waals surface area (Å²) < 4.78 is 5.85. The van der Waals surface area contributed by atoms with E-state index in [2.05, 4.69) is 22.4 Å². The minimum Gasteiger partial charge on any atom is -0.493 e. The molecular weight excluding hydrogens is 388 g/mol. The van der Waals surface area contributed by atoms with Gasteiger partial charge in [0, 0.05) is 28.6 Å². The highest BCUT2D eigenvalue weighted by molar-refractivity contribution is 7.14. The zero-order chi connectivity index (χ0) is 20.5. The Morgan fingerprint density at radius 3 is 2.76 bits per heavy atom. The second-order valence-corrected chi connectivity index (χ2v) is 7.16. The van der Waals surface area contributed by atoms with Crippen LogP contribution in [0, 0.1) is 10.1 Å². The van der Waals surface area contributed by atoms with Crippen LogP contribution in [-0.2, 0) is 0 Å². The summed E-state index contributed by atoms with van der Waals surface area (Å²) in [4.78, 5) is 14.8. The lowest BCUT2D eigenvalue weighted by molar-refractivity contribution is -0.384. The van der Waals surface area contributed by atoms with Crippen LogP contribution in [-0.4, -0.2) is 22.7 Å². The number of hydrazone groups is 1. The van der Waals surface area contributed by atoms with Crippen molar-refractivity contribution in [2.75, 3.05) is 12.0 Å². The molecule has 0 unspecified atom stereocenters. The van der Waals surface area contributed by atoms with Gasteiger partial charge in [0.25, 0.3) is 5.69 Å². The zero-order valence-corrected chi connectivity index (χ0v) is 16.9. The highest BCUT2D eigenvalue weighted by Gasteiger charge is 2.08. The number of nitrogens with one attached hydrogen (secondary N) is 1. The fourth-order valence-corrected chi connectivity index (χ4v) is 3.29. The molecule has 7 nitrogen and oxygen atoms in total. The van der Waals surface area contributed by atoms with Crippen LogP contribution in [0.4, 0.5) is 10.8 Å². The van der Waals surface area contributed by atoms with Crippen molar-refractivity contribution in [2.45, 2.75) is 26.2 Å². The Morgan fingerprint density at radius 1 is 1.21 bits per heavy atom. The number of aromatic nitrogens is 1. The van der Waals surface area contributed by atoms with Crippen molar-refractivity contribution >= 4 is 28.4 Å². The minimum absolute atomic E-state index is 0.0579. The van der Waals surface area contributed by atoms with E-state index in [1.54, 1.807) is 18.3 Å². The lowest BCUT2D eigenvalue weighted by atomic mass is 10.1. The molecule has 0 fully saturated rings. The number of rotatable bonds is 10. The largest absolute Gasteiger partial charge is 0.493 e. The van der Waals surface area contributed by atoms with Gasteiger partial charge in [-0.05, 0) is 30.7 Å². The molecule has 0 aliphatic heterocycles. The number of hydrogen-bond donors (Lipinski definition) is 1. The molecule has 0 saturated heterocycles. The van der Waals surface area contributed by atoms with Gasteiger partial charge in [0.1, 0.15) is 5.75 Å². The van der Waals surface area contributed by atoms with Gasteiger partial charge in [-0.3, -0.25) is 15.5 Å². The molecule has 1 heterocycles. The van der Waals surface area contributed by atoms with Crippen molar-refractivity contribution in [3.05, 3.63) is 69.6 Å². The first kappa shape index (κ1) is 20.5. The Labute approximate surface area is 173 Å². The molecule has 1 aromatic heterocycles. The molecule has 0 bridgehead atoms. The molecule has 0 atom stereocenters. The number of ether oxygens (including phenoxy) is 1. The number of thiazole rings is 1. The normalized spacial score (nSPS) is 10.9. The number of unbranched alkanes of at least 4 members (excludes halogenated alkanes) is 2. The smallest absolute Gasteiger partial charge is 0.269 e. The Hall–Kier alpha value is -3.26. The van der Waals surface area contributed by atoms with Gasteiger partial charge in [-0.2, -0.15) is 5.10 Å². The topological polar surface area (TPSA) is 89.7 Å². The Kier molecular flexibility index (Phi) is 7.29. The lowest BCUT2D eigenvalue weighted by Crippen LogP contribution is -2.00. The maximum atomic E-state index is 10.8. The first-order chi connectivity index (χ1) is 14.2. The molecule has 150 valence electrons. The van der Waals surface area contributed by atoms with E-state index in [0.717, 1.165) is 41.8 Å². The standard InChI is InChI=1S/C21H22N4O3S/c1-2-3-6-13-28-20-8-5-4-7-17(20)14-22-24-21-23-19(15-29-21)16-9-11-18(12-10-16)25(26)27/h4-5,7-12,14-15H,2-3,6,13H2,1H3,(H,23,24)/b22-14+. The summed E-state index contributed by atoms with van der Waals surface area (Å²) in [5, 5.41) is 17.5. The zero-order valence-electron chi connectivity index (χ0n) is 16.1. The summed E-state index contributed by atoms with van der Waals surface area (Å²) in [6.45, 7) is 2.86. The van der Waals surface area contributed by atoms with Crippen LogP contribution in [0.2, 0.25) is 0 Å². The van der Waals surface area contributed by atoms with E-state index in [1.165, 1.54) is 23.5 Å². The monoisotopic (exact) mass is 410 g/mol. The first-order valence-electron chi connectivity index (χ1n) is 9.38. The first-order valence-corrected chi connectivity index (χ1v) is 10.3. The number of benzene rings is 2. The van der Waals surface area contributed by atoms with Crippen molar-refractivity contribution in [3.8, 4) is 17.0 Å². The average molecular weight is 410 g/mol. The molecule has 1 N–H and O–H groups in total. The van der Waals surface area contributed by atoms with Gasteiger partial charge >= 0.3 is 0 Å². The average Bonchev–Trinajstić information content (AvgIpc) is 3.21. The molecule has 3 rings (SSSR count). The Balaban J connectivity index is 1.61. The number of non-ortho nitro benzene ring substituents is 1. The van der Waals surface area contributed by atoms with Crippen molar-refractivity contribution < 1.29 is 9.66 Å². The van der Waals surface area contributed by atoms with E-state index >= 15 is 0 Å². The Morgan fingerprint density at radius 2 is 2.00 bits per heavy atom. The molecule has 8 heteroatoms. The van der Waals surface area contributed by atoms with E-state index in [4.69, 9.17) is 4.74 Å². The van der Waals surface area contributed by atoms with Crippen LogP contribution >= 0.6 is 11.3 Å². The second kappa shape index (κ2) is 10.3. The number of hydrogen-bond acceptors (Lipinski definition) is 7. The van der Waals surface area contributed by atoms with Gasteiger partial charge in [0.05, 0.1) is 23.4 Å². The van der Waals surface area contributed by atoms with E-state index in [9.17, 15) is 10.1 Å². The summed E-state index contributed by atoms with van der Waals surface area (Å²) in [7, 11) is 0. The van der Waals surface area contributed by atoms with Gasteiger partial charge in [-0.1, -0.05) is 31.9 Å². The summed E-state index contributed by atoms with van der Waals surface area (Å²) in [6.07, 6.45) is 5.05. The van der Waals surface area contributed by atoms with Crippen LogP contribution in [0.1, 0.15) is 31.7 Å². The third-order valence-electron chi connectivity index (χ3n) is 4.17. The van der Waals surface area contributed by atoms with E-state index < -0.39 is 4.92 Å². The molecule has 0 spiro atoms. The molecule has 29 heavy (non-hydrogen) atoms. The van der Waals surface area contributed by atoms with E-state index in [1.807, 2.05) is 29.6 Å². The highest BCUT2D eigenvalue weighted by atomic mass is 32.1. The number of anilines is 1. The van der Waals surface area contributed by atoms with Crippen LogP contribution < -0.4 is 10.2 Å². The fourth-order valence-electron chi connectivity index (χ4n) is 2.62. The van der Waals surface area contributed by atoms with Crippen molar-refractivity contribution in [1.82, 2.24) is 4.98 Å². The SMILES string of the molecule is CCCCCOc1ccccc1/C=N/Nc1nc(-c2ccc([N+](=O)[O-])cc2)cs1. The molecule has 0 aliphatic rings. The fraction of sp³-hybridized carbons (Fsp3) is 0.238. The van der Waals surface area contributed by atoms with Crippen molar-refractivity contribution in [3.63, 3.8) is 0 Å². The van der Waals surface area contributed by atoms with Gasteiger partial charge < -0.3 is 4.74 Å². The van der Waals surface area contributed by atoms with Crippen molar-refractivity contribution in [1.29, 1.82) is 0 Å². The van der Waals surface area contributed by atoms with Crippen LogP contribution in [0.5, 0.6) is 5.75 Å². The predicted molar refractivity (Wildman–Crippen MR) is 117 cm³/mol. The van der Waals surface area contributed by atoms with Gasteiger partial charge in [0.2, 0.25) is 5.13 Å². The quantitative estimate of drug-likeness (QED) is 0.199. The summed E-state index contributed by atoms with van der Waals surface area (Å²) in [5.41, 5.74) is 5.43. The van der Waals surface area contributed by atoms with E-state index in [0.29, 0.717) is 11.7 Å². The second-order valence-electron chi connectivity index (χ2n) is 6.31. The minimum atomic E-state index is -0.419. The summed E-state index contributed by atoms with van der Waals surface area (Å²) in [6, 6.07) is 14.1. The third-order valence-corrected chi connectivity index (χ3v) is 4.91. The summed E-state index contributed by atoms with van der Waals surface area (Å²) >= 11 is 1.41. The van der Waals surface area contributed by atoms with Crippen LogP contribution in [0.15, 0.2) is 59.0 Å². The van der Waals surface area contributed by atoms with E-state index in [-0.39, 0.29) is 5.69 Å². The number of para-hydroxylation sites is 1. The maximum absolute atomic E-state index is 10.8. The number of nitrogens with zero attached hydrogens (tertiary/aromatic N) is 3. The predicted octanol–water partition coefficient (Wildman–Crippen LogP) is 5.73. The molecule has 0 radical (unpaired) electrons. The van der Waals surface area contributed by atoms with Crippen LogP contribution in [0.3, 0.4) is 0 Å². The lowest BCUT2D eigenvalue weighted by Gasteiger charge is -2.08.